The Labute approximate surface area is 92.4 Å². The number of nitrogens with zero attached hydrogens (tertiary/aromatic N) is 2. The molecular weight excluding hydrogens is 214 g/mol. The SMILES string of the molecule is CCN(C)S(=O)(=O)N1CCC(C(C)N)C1. The molecule has 2 N–H and O–H groups in total. The van der Waals surface area contributed by atoms with E-state index in [2.05, 4.69) is 0 Å². The van der Waals surface area contributed by atoms with Gasteiger partial charge in [-0.1, -0.05) is 6.92 Å². The van der Waals surface area contributed by atoms with Crippen LogP contribution in [0.5, 0.6) is 0 Å². The molecule has 0 bridgehead atoms. The van der Waals surface area contributed by atoms with Crippen molar-refractivity contribution in [2.75, 3.05) is 26.7 Å². The quantitative estimate of drug-likeness (QED) is 0.737. The standard InChI is InChI=1S/C9H21N3O2S/c1-4-11(3)15(13,14)12-6-5-9(7-12)8(2)10/h8-9H,4-7,10H2,1-3H3. The molecular formula is C9H21N3O2S. The van der Waals surface area contributed by atoms with Gasteiger partial charge in [0.15, 0.2) is 0 Å². The van der Waals surface area contributed by atoms with Crippen molar-refractivity contribution in [2.24, 2.45) is 11.7 Å². The third-order valence-electron chi connectivity index (χ3n) is 3.10. The zero-order chi connectivity index (χ0) is 11.6. The predicted octanol–water partition coefficient (Wildman–Crippen LogP) is -0.148. The molecule has 2 atom stereocenters. The van der Waals surface area contributed by atoms with Crippen molar-refractivity contribution < 1.29 is 8.42 Å². The second-order valence-electron chi connectivity index (χ2n) is 4.19. The first kappa shape index (κ1) is 12.9. The van der Waals surface area contributed by atoms with Crippen molar-refractivity contribution in [3.05, 3.63) is 0 Å². The minimum atomic E-state index is -3.24. The molecule has 1 heterocycles. The van der Waals surface area contributed by atoms with Crippen LogP contribution >= 0.6 is 0 Å². The van der Waals surface area contributed by atoms with Gasteiger partial charge < -0.3 is 5.73 Å². The smallest absolute Gasteiger partial charge is 0.281 e. The Hall–Kier alpha value is -0.170. The molecule has 90 valence electrons. The molecule has 1 aliphatic rings. The van der Waals surface area contributed by atoms with E-state index in [1.165, 1.54) is 8.61 Å². The number of rotatable bonds is 4. The summed E-state index contributed by atoms with van der Waals surface area (Å²) in [6.07, 6.45) is 0.869. The van der Waals surface area contributed by atoms with Gasteiger partial charge in [0.2, 0.25) is 0 Å². The van der Waals surface area contributed by atoms with Crippen LogP contribution in [0.3, 0.4) is 0 Å². The minimum Gasteiger partial charge on any atom is -0.328 e. The molecule has 2 unspecified atom stereocenters. The Morgan fingerprint density at radius 2 is 2.20 bits per heavy atom. The summed E-state index contributed by atoms with van der Waals surface area (Å²) in [7, 11) is -1.64. The molecule has 0 spiro atoms. The van der Waals surface area contributed by atoms with Crippen molar-refractivity contribution in [3.8, 4) is 0 Å². The number of hydrogen-bond donors (Lipinski definition) is 1. The first-order valence-electron chi connectivity index (χ1n) is 5.36. The maximum atomic E-state index is 11.9. The Balaban J connectivity index is 2.68. The molecule has 0 aromatic carbocycles. The molecule has 6 heteroatoms. The van der Waals surface area contributed by atoms with Crippen LogP contribution in [0, 0.1) is 5.92 Å². The van der Waals surface area contributed by atoms with Crippen LogP contribution < -0.4 is 5.73 Å². The summed E-state index contributed by atoms with van der Waals surface area (Å²) >= 11 is 0. The summed E-state index contributed by atoms with van der Waals surface area (Å²) in [6, 6.07) is 0.0668. The summed E-state index contributed by atoms with van der Waals surface area (Å²) in [5.74, 6) is 0.296. The summed E-state index contributed by atoms with van der Waals surface area (Å²) in [6.45, 7) is 5.42. The monoisotopic (exact) mass is 235 g/mol. The second kappa shape index (κ2) is 4.78. The molecule has 1 saturated heterocycles. The molecule has 5 nitrogen and oxygen atoms in total. The average Bonchev–Trinajstić information content (AvgIpc) is 2.65. The molecule has 1 rings (SSSR count). The molecule has 0 aromatic heterocycles. The lowest BCUT2D eigenvalue weighted by Crippen LogP contribution is -2.41. The van der Waals surface area contributed by atoms with Gasteiger partial charge >= 0.3 is 0 Å². The van der Waals surface area contributed by atoms with E-state index in [4.69, 9.17) is 5.73 Å². The molecule has 0 saturated carbocycles. The Morgan fingerprint density at radius 1 is 1.60 bits per heavy atom. The summed E-state index contributed by atoms with van der Waals surface area (Å²) in [5.41, 5.74) is 5.78. The molecule has 0 aliphatic carbocycles. The van der Waals surface area contributed by atoms with Gasteiger partial charge in [-0.05, 0) is 19.3 Å². The van der Waals surface area contributed by atoms with Crippen LogP contribution in [-0.2, 0) is 10.2 Å². The third kappa shape index (κ3) is 2.69. The van der Waals surface area contributed by atoms with E-state index in [1.54, 1.807) is 7.05 Å². The van der Waals surface area contributed by atoms with E-state index < -0.39 is 10.2 Å². The fourth-order valence-corrected chi connectivity index (χ4v) is 3.19. The van der Waals surface area contributed by atoms with E-state index >= 15 is 0 Å². The van der Waals surface area contributed by atoms with Gasteiger partial charge in [-0.2, -0.15) is 17.0 Å². The van der Waals surface area contributed by atoms with Crippen molar-refractivity contribution >= 4 is 10.2 Å². The highest BCUT2D eigenvalue weighted by Gasteiger charge is 2.34. The predicted molar refractivity (Wildman–Crippen MR) is 60.6 cm³/mol. The lowest BCUT2D eigenvalue weighted by molar-refractivity contribution is 0.385. The number of nitrogens with two attached hydrogens (primary N) is 1. The first-order valence-corrected chi connectivity index (χ1v) is 6.76. The van der Waals surface area contributed by atoms with Crippen LogP contribution in [-0.4, -0.2) is 49.8 Å². The molecule has 0 aromatic rings. The minimum absolute atomic E-state index is 0.0668. The van der Waals surface area contributed by atoms with Gasteiger partial charge in [-0.3, -0.25) is 0 Å². The Kier molecular flexibility index (Phi) is 4.11. The van der Waals surface area contributed by atoms with E-state index in [-0.39, 0.29) is 6.04 Å². The molecule has 1 fully saturated rings. The van der Waals surface area contributed by atoms with Gasteiger partial charge in [0.25, 0.3) is 10.2 Å². The normalized spacial score (nSPS) is 26.1. The molecule has 0 radical (unpaired) electrons. The van der Waals surface area contributed by atoms with Crippen molar-refractivity contribution in [1.29, 1.82) is 0 Å². The largest absolute Gasteiger partial charge is 0.328 e. The first-order chi connectivity index (χ1) is 6.89. The highest BCUT2D eigenvalue weighted by atomic mass is 32.2. The van der Waals surface area contributed by atoms with E-state index in [9.17, 15) is 8.42 Å². The van der Waals surface area contributed by atoms with Crippen LogP contribution in [0.1, 0.15) is 20.3 Å². The zero-order valence-electron chi connectivity index (χ0n) is 9.68. The summed E-state index contributed by atoms with van der Waals surface area (Å²) < 4.78 is 26.8. The van der Waals surface area contributed by atoms with Crippen molar-refractivity contribution in [1.82, 2.24) is 8.61 Å². The topological polar surface area (TPSA) is 66.6 Å². The summed E-state index contributed by atoms with van der Waals surface area (Å²) in [5, 5.41) is 0. The van der Waals surface area contributed by atoms with Gasteiger partial charge in [-0.25, -0.2) is 0 Å². The van der Waals surface area contributed by atoms with Crippen LogP contribution in [0.25, 0.3) is 0 Å². The van der Waals surface area contributed by atoms with Crippen LogP contribution in [0.4, 0.5) is 0 Å². The Morgan fingerprint density at radius 3 is 2.60 bits per heavy atom. The maximum absolute atomic E-state index is 11.9. The van der Waals surface area contributed by atoms with Crippen LogP contribution in [0.2, 0.25) is 0 Å². The molecule has 0 amide bonds. The van der Waals surface area contributed by atoms with Gasteiger partial charge in [0, 0.05) is 32.7 Å². The van der Waals surface area contributed by atoms with Gasteiger partial charge in [0.1, 0.15) is 0 Å². The van der Waals surface area contributed by atoms with E-state index in [0.717, 1.165) is 6.42 Å². The van der Waals surface area contributed by atoms with E-state index in [1.807, 2.05) is 13.8 Å². The molecule has 15 heavy (non-hydrogen) atoms. The van der Waals surface area contributed by atoms with Gasteiger partial charge in [0.05, 0.1) is 0 Å². The second-order valence-corrected chi connectivity index (χ2v) is 6.22. The average molecular weight is 235 g/mol. The zero-order valence-corrected chi connectivity index (χ0v) is 10.5. The van der Waals surface area contributed by atoms with E-state index in [0.29, 0.717) is 25.6 Å². The van der Waals surface area contributed by atoms with Crippen molar-refractivity contribution in [2.45, 2.75) is 26.3 Å². The lowest BCUT2D eigenvalue weighted by Gasteiger charge is -2.23. The summed E-state index contributed by atoms with van der Waals surface area (Å²) in [4.78, 5) is 0. The highest BCUT2D eigenvalue weighted by molar-refractivity contribution is 7.86. The molecule has 1 aliphatic heterocycles. The van der Waals surface area contributed by atoms with Gasteiger partial charge in [-0.15, -0.1) is 0 Å². The third-order valence-corrected chi connectivity index (χ3v) is 5.13. The lowest BCUT2D eigenvalue weighted by atomic mass is 10.0. The number of hydrogen-bond acceptors (Lipinski definition) is 3. The fourth-order valence-electron chi connectivity index (χ4n) is 1.75. The van der Waals surface area contributed by atoms with Crippen molar-refractivity contribution in [3.63, 3.8) is 0 Å². The fraction of sp³-hybridized carbons (Fsp3) is 1.00. The maximum Gasteiger partial charge on any atom is 0.281 e. The Bertz CT molecular complexity index is 302. The van der Waals surface area contributed by atoms with Crippen LogP contribution in [0.15, 0.2) is 0 Å². The highest BCUT2D eigenvalue weighted by Crippen LogP contribution is 2.22.